The van der Waals surface area contributed by atoms with Crippen LogP contribution in [0.4, 0.5) is 5.69 Å². The summed E-state index contributed by atoms with van der Waals surface area (Å²) in [5.41, 5.74) is 6.25. The lowest BCUT2D eigenvalue weighted by Crippen LogP contribution is -2.12. The molecule has 7 nitrogen and oxygen atoms in total. The zero-order chi connectivity index (χ0) is 22.3. The number of benzene rings is 2. The molecule has 0 saturated carbocycles. The fraction of sp³-hybridized carbons (Fsp3) is 0.0833. The maximum Gasteiger partial charge on any atom is 0.261 e. The molecule has 0 spiro atoms. The van der Waals surface area contributed by atoms with Crippen LogP contribution in [0.3, 0.4) is 0 Å². The number of nitrogens with one attached hydrogen (secondary N) is 1. The Morgan fingerprint density at radius 2 is 1.66 bits per heavy atom. The fourth-order valence-corrected chi connectivity index (χ4v) is 4.68. The molecule has 0 saturated heterocycles. The number of aromatic nitrogens is 4. The van der Waals surface area contributed by atoms with Crippen molar-refractivity contribution in [3.05, 3.63) is 91.1 Å². The molecule has 0 aliphatic carbocycles. The van der Waals surface area contributed by atoms with E-state index in [1.807, 2.05) is 55.3 Å². The Kier molecular flexibility index (Phi) is 4.79. The second kappa shape index (κ2) is 7.65. The highest BCUT2D eigenvalue weighted by Gasteiger charge is 2.15. The van der Waals surface area contributed by atoms with Gasteiger partial charge in [-0.15, -0.1) is 0 Å². The molecule has 3 heterocycles. The van der Waals surface area contributed by atoms with Crippen molar-refractivity contribution in [1.82, 2.24) is 19.2 Å². The van der Waals surface area contributed by atoms with Crippen LogP contribution in [0.25, 0.3) is 27.9 Å². The van der Waals surface area contributed by atoms with Crippen LogP contribution >= 0.6 is 0 Å². The Morgan fingerprint density at radius 1 is 0.906 bits per heavy atom. The summed E-state index contributed by atoms with van der Waals surface area (Å²) >= 11 is 0. The first kappa shape index (κ1) is 20.0. The topological polar surface area (TPSA) is 81.3 Å². The minimum absolute atomic E-state index is 0.231. The number of hydrogen-bond acceptors (Lipinski definition) is 4. The zero-order valence-corrected chi connectivity index (χ0v) is 18.4. The van der Waals surface area contributed by atoms with Crippen molar-refractivity contribution < 1.29 is 8.42 Å². The van der Waals surface area contributed by atoms with Gasteiger partial charge in [0.25, 0.3) is 10.0 Å². The van der Waals surface area contributed by atoms with E-state index < -0.39 is 10.0 Å². The van der Waals surface area contributed by atoms with Gasteiger partial charge in [0.05, 0.1) is 22.3 Å². The van der Waals surface area contributed by atoms with E-state index in [1.54, 1.807) is 47.3 Å². The number of nitrogens with zero attached hydrogens (tertiary/aromatic N) is 4. The number of anilines is 1. The molecule has 5 rings (SSSR count). The van der Waals surface area contributed by atoms with Gasteiger partial charge in [0.15, 0.2) is 0 Å². The molecule has 0 aliphatic heterocycles. The van der Waals surface area contributed by atoms with Gasteiger partial charge < -0.3 is 4.40 Å². The highest BCUT2D eigenvalue weighted by atomic mass is 32.2. The van der Waals surface area contributed by atoms with E-state index in [0.29, 0.717) is 5.69 Å². The van der Waals surface area contributed by atoms with E-state index in [0.717, 1.165) is 33.5 Å². The largest absolute Gasteiger partial charge is 0.320 e. The van der Waals surface area contributed by atoms with Crippen LogP contribution in [-0.4, -0.2) is 27.6 Å². The van der Waals surface area contributed by atoms with Gasteiger partial charge >= 0.3 is 0 Å². The van der Waals surface area contributed by atoms with E-state index in [1.165, 1.54) is 0 Å². The molecule has 0 amide bonds. The highest BCUT2D eigenvalue weighted by molar-refractivity contribution is 7.92. The normalized spacial score (nSPS) is 11.7. The Labute approximate surface area is 186 Å². The number of aryl methyl sites for hydroxylation is 2. The summed E-state index contributed by atoms with van der Waals surface area (Å²) in [7, 11) is -1.76. The van der Waals surface area contributed by atoms with E-state index >= 15 is 0 Å². The first-order chi connectivity index (χ1) is 15.4. The number of rotatable bonds is 5. The van der Waals surface area contributed by atoms with Gasteiger partial charge in [0.1, 0.15) is 0 Å². The van der Waals surface area contributed by atoms with Crippen molar-refractivity contribution >= 4 is 21.2 Å². The van der Waals surface area contributed by atoms with Crippen LogP contribution in [-0.2, 0) is 17.1 Å². The SMILES string of the molecule is Cc1ccc(S(=O)(=O)Nc2ccc(-c3nccn4cc(-c5cnn(C)c5)cc34)cc2)cc1. The monoisotopic (exact) mass is 443 g/mol. The van der Waals surface area contributed by atoms with Crippen LogP contribution < -0.4 is 4.72 Å². The van der Waals surface area contributed by atoms with Gasteiger partial charge in [-0.25, -0.2) is 8.42 Å². The summed E-state index contributed by atoms with van der Waals surface area (Å²) in [6.07, 6.45) is 9.50. The van der Waals surface area contributed by atoms with E-state index in [-0.39, 0.29) is 4.90 Å². The summed E-state index contributed by atoms with van der Waals surface area (Å²) in [6, 6.07) is 16.1. The Hall–Kier alpha value is -3.91. The predicted octanol–water partition coefficient (Wildman–Crippen LogP) is 4.51. The van der Waals surface area contributed by atoms with Crippen molar-refractivity contribution in [3.63, 3.8) is 0 Å². The van der Waals surface area contributed by atoms with E-state index in [4.69, 9.17) is 0 Å². The van der Waals surface area contributed by atoms with Crippen LogP contribution in [0.2, 0.25) is 0 Å². The average Bonchev–Trinajstić information content (AvgIpc) is 3.40. The number of hydrogen-bond donors (Lipinski definition) is 1. The van der Waals surface area contributed by atoms with Crippen molar-refractivity contribution in [2.24, 2.45) is 7.05 Å². The molecular weight excluding hydrogens is 422 g/mol. The molecule has 8 heteroatoms. The van der Waals surface area contributed by atoms with Crippen molar-refractivity contribution in [2.75, 3.05) is 4.72 Å². The summed E-state index contributed by atoms with van der Waals surface area (Å²) in [6.45, 7) is 1.92. The summed E-state index contributed by atoms with van der Waals surface area (Å²) in [5, 5.41) is 4.24. The van der Waals surface area contributed by atoms with Gasteiger partial charge in [-0.1, -0.05) is 29.8 Å². The first-order valence-corrected chi connectivity index (χ1v) is 11.5. The maximum atomic E-state index is 12.6. The van der Waals surface area contributed by atoms with Gasteiger partial charge in [0, 0.05) is 54.2 Å². The Morgan fingerprint density at radius 3 is 2.34 bits per heavy atom. The predicted molar refractivity (Wildman–Crippen MR) is 125 cm³/mol. The first-order valence-electron chi connectivity index (χ1n) is 10.0. The van der Waals surface area contributed by atoms with Crippen LogP contribution in [0.15, 0.2) is 90.5 Å². The lowest BCUT2D eigenvalue weighted by Gasteiger charge is -2.09. The molecule has 2 aromatic carbocycles. The molecule has 0 unspecified atom stereocenters. The maximum absolute atomic E-state index is 12.6. The van der Waals surface area contributed by atoms with Crippen LogP contribution in [0.1, 0.15) is 5.56 Å². The third-order valence-corrected chi connectivity index (χ3v) is 6.70. The molecular formula is C24H21N5O2S. The minimum atomic E-state index is -3.65. The van der Waals surface area contributed by atoms with Crippen molar-refractivity contribution in [2.45, 2.75) is 11.8 Å². The molecule has 3 aromatic heterocycles. The summed E-state index contributed by atoms with van der Waals surface area (Å²) in [4.78, 5) is 4.80. The third kappa shape index (κ3) is 3.76. The second-order valence-electron chi connectivity index (χ2n) is 7.70. The fourth-order valence-electron chi connectivity index (χ4n) is 3.62. The molecule has 1 N–H and O–H groups in total. The number of fused-ring (bicyclic) bond motifs is 1. The lowest BCUT2D eigenvalue weighted by molar-refractivity contribution is 0.601. The Balaban J connectivity index is 1.45. The second-order valence-corrected chi connectivity index (χ2v) is 9.38. The quantitative estimate of drug-likeness (QED) is 0.433. The summed E-state index contributed by atoms with van der Waals surface area (Å²) < 4.78 is 31.7. The molecule has 5 aromatic rings. The average molecular weight is 444 g/mol. The van der Waals surface area contributed by atoms with Crippen molar-refractivity contribution in [1.29, 1.82) is 0 Å². The highest BCUT2D eigenvalue weighted by Crippen LogP contribution is 2.29. The molecule has 0 bridgehead atoms. The lowest BCUT2D eigenvalue weighted by atomic mass is 10.1. The van der Waals surface area contributed by atoms with Gasteiger partial charge in [0.2, 0.25) is 0 Å². The third-order valence-electron chi connectivity index (χ3n) is 5.30. The van der Waals surface area contributed by atoms with Crippen LogP contribution in [0, 0.1) is 6.92 Å². The standard InChI is InChI=1S/C24H21N5O2S/c1-17-3-9-22(10-4-17)32(30,31)27-21-7-5-18(6-8-21)24-23-13-19(16-29(23)12-11-25-24)20-14-26-28(2)15-20/h3-16,27H,1-2H3. The van der Waals surface area contributed by atoms with E-state index in [9.17, 15) is 8.42 Å². The molecule has 0 fully saturated rings. The minimum Gasteiger partial charge on any atom is -0.320 e. The molecule has 160 valence electrons. The van der Waals surface area contributed by atoms with Gasteiger partial charge in [-0.05, 0) is 37.3 Å². The molecule has 0 atom stereocenters. The molecule has 0 radical (unpaired) electrons. The van der Waals surface area contributed by atoms with Gasteiger partial charge in [-0.3, -0.25) is 14.4 Å². The smallest absolute Gasteiger partial charge is 0.261 e. The van der Waals surface area contributed by atoms with Gasteiger partial charge in [-0.2, -0.15) is 5.10 Å². The summed E-state index contributed by atoms with van der Waals surface area (Å²) in [5.74, 6) is 0. The van der Waals surface area contributed by atoms with E-state index in [2.05, 4.69) is 20.9 Å². The zero-order valence-electron chi connectivity index (χ0n) is 17.6. The molecule has 0 aliphatic rings. The Bertz CT molecular complexity index is 1520. The van der Waals surface area contributed by atoms with Crippen LogP contribution in [0.5, 0.6) is 0 Å². The molecule has 32 heavy (non-hydrogen) atoms. The van der Waals surface area contributed by atoms with Crippen molar-refractivity contribution in [3.8, 4) is 22.4 Å². The number of sulfonamides is 1.